The highest BCUT2D eigenvalue weighted by Crippen LogP contribution is 2.13. The monoisotopic (exact) mass is 202 g/mol. The summed E-state index contributed by atoms with van der Waals surface area (Å²) >= 11 is 0. The third-order valence-corrected chi connectivity index (χ3v) is 0.769. The molecule has 0 saturated heterocycles. The van der Waals surface area contributed by atoms with Crippen LogP contribution in [-0.4, -0.2) is 23.8 Å². The fraction of sp³-hybridized carbons (Fsp3) is 0.833. The van der Waals surface area contributed by atoms with Gasteiger partial charge in [0.2, 0.25) is 0 Å². The van der Waals surface area contributed by atoms with Gasteiger partial charge in [-0.1, -0.05) is 13.8 Å². The van der Waals surface area contributed by atoms with Crippen LogP contribution in [0.5, 0.6) is 0 Å². The van der Waals surface area contributed by atoms with Crippen LogP contribution in [0.1, 0.15) is 13.8 Å². The van der Waals surface area contributed by atoms with Gasteiger partial charge in [-0.2, -0.15) is 13.2 Å². The molecule has 0 radical (unpaired) electrons. The van der Waals surface area contributed by atoms with Crippen LogP contribution >= 0.6 is 0 Å². The molecule has 7 heteroatoms. The SMILES string of the molecule is CC(C)CNN.O=C(O)C(F)(F)F. The molecule has 0 saturated carbocycles. The summed E-state index contributed by atoms with van der Waals surface area (Å²) in [5, 5.41) is 7.12. The van der Waals surface area contributed by atoms with Crippen LogP contribution in [0.25, 0.3) is 0 Å². The van der Waals surface area contributed by atoms with Crippen LogP contribution in [0.4, 0.5) is 13.2 Å². The second kappa shape index (κ2) is 6.67. The van der Waals surface area contributed by atoms with Gasteiger partial charge in [0.15, 0.2) is 0 Å². The van der Waals surface area contributed by atoms with Crippen molar-refractivity contribution in [2.24, 2.45) is 11.8 Å². The Labute approximate surface area is 73.9 Å². The van der Waals surface area contributed by atoms with Gasteiger partial charge in [-0.25, -0.2) is 4.79 Å². The molecule has 0 aliphatic carbocycles. The van der Waals surface area contributed by atoms with Crippen LogP contribution in [0, 0.1) is 5.92 Å². The number of rotatable bonds is 2. The molecular formula is C6H13F3N2O2. The summed E-state index contributed by atoms with van der Waals surface area (Å²) in [6.45, 7) is 5.12. The largest absolute Gasteiger partial charge is 0.490 e. The van der Waals surface area contributed by atoms with E-state index in [1.165, 1.54) is 0 Å². The lowest BCUT2D eigenvalue weighted by atomic mass is 10.2. The number of carboxylic acids is 1. The number of hydrazine groups is 1. The van der Waals surface area contributed by atoms with Crippen LogP contribution in [0.3, 0.4) is 0 Å². The maximum Gasteiger partial charge on any atom is 0.490 e. The average Bonchev–Trinajstić information content (AvgIpc) is 1.85. The zero-order valence-corrected chi connectivity index (χ0v) is 7.35. The predicted molar refractivity (Wildman–Crippen MR) is 40.7 cm³/mol. The number of halogens is 3. The van der Waals surface area contributed by atoms with Crippen molar-refractivity contribution in [2.45, 2.75) is 20.0 Å². The molecule has 0 aromatic rings. The number of nitrogens with one attached hydrogen (secondary N) is 1. The first-order valence-corrected chi connectivity index (χ1v) is 3.45. The highest BCUT2D eigenvalue weighted by molar-refractivity contribution is 5.73. The highest BCUT2D eigenvalue weighted by Gasteiger charge is 2.38. The summed E-state index contributed by atoms with van der Waals surface area (Å²) in [6.07, 6.45) is -5.08. The fourth-order valence-electron chi connectivity index (χ4n) is 0.236. The Hall–Kier alpha value is -0.820. The molecular weight excluding hydrogens is 189 g/mol. The topological polar surface area (TPSA) is 75.3 Å². The first-order chi connectivity index (χ1) is 5.71. The summed E-state index contributed by atoms with van der Waals surface area (Å²) in [6, 6.07) is 0. The minimum absolute atomic E-state index is 0.662. The van der Waals surface area contributed by atoms with Gasteiger partial charge < -0.3 is 5.11 Å². The van der Waals surface area contributed by atoms with E-state index < -0.39 is 12.1 Å². The van der Waals surface area contributed by atoms with Gasteiger partial charge in [-0.05, 0) is 5.92 Å². The van der Waals surface area contributed by atoms with E-state index in [2.05, 4.69) is 19.3 Å². The van der Waals surface area contributed by atoms with Crippen LogP contribution in [-0.2, 0) is 4.79 Å². The molecule has 4 N–H and O–H groups in total. The first-order valence-electron chi connectivity index (χ1n) is 3.45. The summed E-state index contributed by atoms with van der Waals surface area (Å²) < 4.78 is 31.7. The minimum atomic E-state index is -5.08. The van der Waals surface area contributed by atoms with Crippen LogP contribution in [0.15, 0.2) is 0 Å². The van der Waals surface area contributed by atoms with E-state index >= 15 is 0 Å². The molecule has 0 heterocycles. The Morgan fingerprint density at radius 1 is 1.54 bits per heavy atom. The van der Waals surface area contributed by atoms with Gasteiger partial charge >= 0.3 is 12.1 Å². The molecule has 0 fully saturated rings. The van der Waals surface area contributed by atoms with Gasteiger partial charge in [-0.3, -0.25) is 11.3 Å². The highest BCUT2D eigenvalue weighted by atomic mass is 19.4. The molecule has 0 unspecified atom stereocenters. The first kappa shape index (κ1) is 14.7. The lowest BCUT2D eigenvalue weighted by Crippen LogP contribution is -2.26. The smallest absolute Gasteiger partial charge is 0.475 e. The van der Waals surface area contributed by atoms with Crippen molar-refractivity contribution in [1.82, 2.24) is 5.43 Å². The zero-order chi connectivity index (χ0) is 11.1. The number of carboxylic acid groups (broad SMARTS) is 1. The van der Waals surface area contributed by atoms with Crippen molar-refractivity contribution < 1.29 is 23.1 Å². The van der Waals surface area contributed by atoms with Gasteiger partial charge in [0.1, 0.15) is 0 Å². The Morgan fingerprint density at radius 2 is 1.85 bits per heavy atom. The summed E-state index contributed by atoms with van der Waals surface area (Å²) in [5.74, 6) is 2.88. The molecule has 0 bridgehead atoms. The Bertz CT molecular complexity index is 147. The van der Waals surface area contributed by atoms with E-state index in [0.717, 1.165) is 6.54 Å². The number of aliphatic carboxylic acids is 1. The molecule has 4 nitrogen and oxygen atoms in total. The van der Waals surface area contributed by atoms with E-state index in [-0.39, 0.29) is 0 Å². The van der Waals surface area contributed by atoms with Crippen LogP contribution < -0.4 is 11.3 Å². The molecule has 0 aromatic carbocycles. The number of hydrogen-bond donors (Lipinski definition) is 3. The van der Waals surface area contributed by atoms with Gasteiger partial charge in [0.25, 0.3) is 0 Å². The summed E-state index contributed by atoms with van der Waals surface area (Å²) in [7, 11) is 0. The number of carbonyl (C=O) groups is 1. The van der Waals surface area contributed by atoms with E-state index in [0.29, 0.717) is 5.92 Å². The standard InChI is InChI=1S/C4H12N2.C2HF3O2/c1-4(2)3-6-5;3-2(4,5)1(6)7/h4,6H,3,5H2,1-2H3;(H,6,7). The molecule has 0 amide bonds. The zero-order valence-electron chi connectivity index (χ0n) is 7.35. The molecule has 0 spiro atoms. The molecule has 0 aromatic heterocycles. The molecule has 0 aliphatic rings. The summed E-state index contributed by atoms with van der Waals surface area (Å²) in [4.78, 5) is 8.90. The van der Waals surface area contributed by atoms with Crippen molar-refractivity contribution in [3.63, 3.8) is 0 Å². The Morgan fingerprint density at radius 3 is 1.85 bits per heavy atom. The third-order valence-electron chi connectivity index (χ3n) is 0.769. The average molecular weight is 202 g/mol. The number of nitrogens with two attached hydrogens (primary N) is 1. The quantitative estimate of drug-likeness (QED) is 0.456. The molecule has 0 rings (SSSR count). The second-order valence-electron chi connectivity index (χ2n) is 2.61. The third kappa shape index (κ3) is 14.1. The lowest BCUT2D eigenvalue weighted by molar-refractivity contribution is -0.192. The van der Waals surface area contributed by atoms with Crippen molar-refractivity contribution >= 4 is 5.97 Å². The van der Waals surface area contributed by atoms with Gasteiger partial charge in [-0.15, -0.1) is 0 Å². The van der Waals surface area contributed by atoms with E-state index in [1.807, 2.05) is 0 Å². The predicted octanol–water partition coefficient (Wildman–Crippen LogP) is 0.739. The maximum absolute atomic E-state index is 10.6. The van der Waals surface area contributed by atoms with E-state index in [9.17, 15) is 13.2 Å². The minimum Gasteiger partial charge on any atom is -0.475 e. The molecule has 0 atom stereocenters. The van der Waals surface area contributed by atoms with Crippen LogP contribution in [0.2, 0.25) is 0 Å². The second-order valence-corrected chi connectivity index (χ2v) is 2.61. The number of hydrogen-bond acceptors (Lipinski definition) is 3. The Balaban J connectivity index is 0. The number of alkyl halides is 3. The Kier molecular flexibility index (Phi) is 7.54. The summed E-state index contributed by atoms with van der Waals surface area (Å²) in [5.41, 5.74) is 2.57. The van der Waals surface area contributed by atoms with Crippen molar-refractivity contribution in [3.05, 3.63) is 0 Å². The molecule has 80 valence electrons. The van der Waals surface area contributed by atoms with E-state index in [1.54, 1.807) is 0 Å². The van der Waals surface area contributed by atoms with Gasteiger partial charge in [0, 0.05) is 6.54 Å². The molecule has 13 heavy (non-hydrogen) atoms. The lowest BCUT2D eigenvalue weighted by Gasteiger charge is -1.98. The molecule has 0 aliphatic heterocycles. The van der Waals surface area contributed by atoms with Crippen molar-refractivity contribution in [2.75, 3.05) is 6.54 Å². The fourth-order valence-corrected chi connectivity index (χ4v) is 0.236. The normalized spacial score (nSPS) is 10.7. The van der Waals surface area contributed by atoms with Gasteiger partial charge in [0.05, 0.1) is 0 Å². The maximum atomic E-state index is 10.6. The van der Waals surface area contributed by atoms with Crippen molar-refractivity contribution in [1.29, 1.82) is 0 Å². The van der Waals surface area contributed by atoms with Crippen molar-refractivity contribution in [3.8, 4) is 0 Å². The van der Waals surface area contributed by atoms with E-state index in [4.69, 9.17) is 15.7 Å².